The Bertz CT molecular complexity index is 1020. The summed E-state index contributed by atoms with van der Waals surface area (Å²) in [5, 5.41) is 7.83. The summed E-state index contributed by atoms with van der Waals surface area (Å²) in [4.78, 5) is 12.4. The number of hydrogen-bond acceptors (Lipinski definition) is 7. The van der Waals surface area contributed by atoms with Crippen molar-refractivity contribution in [1.29, 1.82) is 0 Å². The summed E-state index contributed by atoms with van der Waals surface area (Å²) in [6.45, 7) is 1.73. The number of thiophene rings is 1. The van der Waals surface area contributed by atoms with Gasteiger partial charge in [-0.3, -0.25) is 0 Å². The van der Waals surface area contributed by atoms with E-state index in [4.69, 9.17) is 4.74 Å². The van der Waals surface area contributed by atoms with Gasteiger partial charge in [0, 0.05) is 18.0 Å². The predicted octanol–water partition coefficient (Wildman–Crippen LogP) is 3.62. The van der Waals surface area contributed by atoms with Gasteiger partial charge in [-0.15, -0.1) is 21.5 Å². The van der Waals surface area contributed by atoms with Crippen LogP contribution < -0.4 is 9.64 Å². The molecular weight excluding hydrogens is 412 g/mol. The molecule has 0 radical (unpaired) electrons. The van der Waals surface area contributed by atoms with E-state index in [2.05, 4.69) is 27.1 Å². The molecule has 1 aliphatic heterocycles. The third-order valence-electron chi connectivity index (χ3n) is 4.51. The Hall–Kier alpha value is -2.50. The summed E-state index contributed by atoms with van der Waals surface area (Å²) in [7, 11) is 0. The van der Waals surface area contributed by atoms with Crippen LogP contribution in [0, 0.1) is 0 Å². The lowest BCUT2D eigenvalue weighted by Crippen LogP contribution is -2.36. The Balaban J connectivity index is 1.71. The number of fused-ring (bicyclic) bond motifs is 2. The average Bonchev–Trinajstić information content (AvgIpc) is 3.28. The number of alkyl halides is 4. The Morgan fingerprint density at radius 1 is 1.21 bits per heavy atom. The lowest BCUT2D eigenvalue weighted by atomic mass is 10.2. The molecule has 156 valence electrons. The van der Waals surface area contributed by atoms with Crippen molar-refractivity contribution in [3.05, 3.63) is 22.6 Å². The molecule has 0 aliphatic carbocycles. The third-order valence-corrected chi connectivity index (χ3v) is 5.60. The molecule has 3 aromatic heterocycles. The van der Waals surface area contributed by atoms with Gasteiger partial charge in [-0.1, -0.05) is 13.3 Å². The first kappa shape index (κ1) is 19.8. The largest absolute Gasteiger partial charge is 0.461 e. The number of rotatable bonds is 6. The van der Waals surface area contributed by atoms with Crippen molar-refractivity contribution in [2.75, 3.05) is 24.7 Å². The number of nitrogens with zero attached hydrogens (tertiary/aromatic N) is 6. The monoisotopic (exact) mass is 430 g/mol. The molecule has 0 fully saturated rings. The summed E-state index contributed by atoms with van der Waals surface area (Å²) < 4.78 is 58.1. The highest BCUT2D eigenvalue weighted by molar-refractivity contribution is 7.18. The Labute approximate surface area is 167 Å². The highest BCUT2D eigenvalue weighted by atomic mass is 32.1. The molecule has 7 nitrogen and oxygen atoms in total. The second kappa shape index (κ2) is 7.73. The highest BCUT2D eigenvalue weighted by Crippen LogP contribution is 2.35. The fraction of sp³-hybridized carbons (Fsp3) is 0.529. The van der Waals surface area contributed by atoms with E-state index in [1.165, 1.54) is 11.3 Å². The SMILES string of the molecule is CCCc1cc2c(N3CCn4c(nnc4C(F)(F)F)C3)nc(OCCF)nc2s1. The standard InChI is InChI=1S/C17H18F4N6OS/c1-2-3-10-8-11-13(22-16(28-7-4-18)23-14(11)29-10)26-5-6-27-12(9-26)24-25-15(27)17(19,20)21/h8H,2-7,9H2,1H3. The van der Waals surface area contributed by atoms with Gasteiger partial charge in [0.25, 0.3) is 0 Å². The molecule has 0 atom stereocenters. The first-order chi connectivity index (χ1) is 13.9. The molecule has 3 aromatic rings. The Kier molecular flexibility index (Phi) is 5.28. The van der Waals surface area contributed by atoms with Gasteiger partial charge in [0.15, 0.2) is 5.82 Å². The summed E-state index contributed by atoms with van der Waals surface area (Å²) >= 11 is 1.51. The van der Waals surface area contributed by atoms with E-state index in [9.17, 15) is 17.6 Å². The number of aryl methyl sites for hydroxylation is 1. The van der Waals surface area contributed by atoms with Crippen molar-refractivity contribution in [2.45, 2.75) is 39.0 Å². The normalized spacial score (nSPS) is 14.4. The third kappa shape index (κ3) is 3.85. The fourth-order valence-corrected chi connectivity index (χ4v) is 4.41. The molecule has 0 aromatic carbocycles. The minimum Gasteiger partial charge on any atom is -0.461 e. The minimum atomic E-state index is -4.55. The van der Waals surface area contributed by atoms with E-state index >= 15 is 0 Å². The minimum absolute atomic E-state index is 0.0538. The van der Waals surface area contributed by atoms with Crippen molar-refractivity contribution in [1.82, 2.24) is 24.7 Å². The van der Waals surface area contributed by atoms with Crippen LogP contribution in [0.1, 0.15) is 29.9 Å². The van der Waals surface area contributed by atoms with E-state index in [0.29, 0.717) is 17.2 Å². The molecule has 29 heavy (non-hydrogen) atoms. The maximum Gasteiger partial charge on any atom is 0.451 e. The Morgan fingerprint density at radius 3 is 2.76 bits per heavy atom. The number of aromatic nitrogens is 5. The van der Waals surface area contributed by atoms with Crippen LogP contribution in [0.5, 0.6) is 6.01 Å². The molecule has 12 heteroatoms. The summed E-state index contributed by atoms with van der Waals surface area (Å²) in [6.07, 6.45) is -2.70. The molecule has 4 rings (SSSR count). The molecule has 1 aliphatic rings. The second-order valence-electron chi connectivity index (χ2n) is 6.56. The predicted molar refractivity (Wildman–Crippen MR) is 99.0 cm³/mol. The van der Waals surface area contributed by atoms with Crippen LogP contribution in [0.2, 0.25) is 0 Å². The zero-order valence-electron chi connectivity index (χ0n) is 15.5. The van der Waals surface area contributed by atoms with Crippen LogP contribution in [-0.4, -0.2) is 44.6 Å². The van der Waals surface area contributed by atoms with Gasteiger partial charge in [0.1, 0.15) is 23.9 Å². The molecule has 0 bridgehead atoms. The van der Waals surface area contributed by atoms with Gasteiger partial charge in [0.2, 0.25) is 5.82 Å². The first-order valence-electron chi connectivity index (χ1n) is 9.14. The zero-order valence-corrected chi connectivity index (χ0v) is 16.4. The van der Waals surface area contributed by atoms with E-state index in [0.717, 1.165) is 27.7 Å². The number of halogens is 4. The highest BCUT2D eigenvalue weighted by Gasteiger charge is 2.39. The van der Waals surface area contributed by atoms with Crippen molar-refractivity contribution in [3.8, 4) is 6.01 Å². The quantitative estimate of drug-likeness (QED) is 0.557. The van der Waals surface area contributed by atoms with Gasteiger partial charge in [-0.25, -0.2) is 4.39 Å². The van der Waals surface area contributed by atoms with Crippen LogP contribution in [-0.2, 0) is 25.7 Å². The van der Waals surface area contributed by atoms with Crippen LogP contribution in [0.25, 0.3) is 10.2 Å². The van der Waals surface area contributed by atoms with Gasteiger partial charge < -0.3 is 14.2 Å². The van der Waals surface area contributed by atoms with E-state index in [1.807, 2.05) is 11.0 Å². The number of ether oxygens (including phenoxy) is 1. The van der Waals surface area contributed by atoms with E-state index in [1.54, 1.807) is 0 Å². The summed E-state index contributed by atoms with van der Waals surface area (Å²) in [6, 6.07) is 2.05. The van der Waals surface area contributed by atoms with E-state index in [-0.39, 0.29) is 31.5 Å². The number of hydrogen-bond donors (Lipinski definition) is 0. The Morgan fingerprint density at radius 2 is 2.03 bits per heavy atom. The molecule has 0 saturated carbocycles. The van der Waals surface area contributed by atoms with Gasteiger partial charge in [-0.2, -0.15) is 23.1 Å². The molecule has 0 saturated heterocycles. The van der Waals surface area contributed by atoms with Crippen molar-refractivity contribution in [3.63, 3.8) is 0 Å². The van der Waals surface area contributed by atoms with Crippen molar-refractivity contribution in [2.24, 2.45) is 0 Å². The van der Waals surface area contributed by atoms with Gasteiger partial charge in [-0.05, 0) is 12.5 Å². The summed E-state index contributed by atoms with van der Waals surface area (Å²) in [5.74, 6) is -0.233. The first-order valence-corrected chi connectivity index (χ1v) is 9.95. The van der Waals surface area contributed by atoms with Crippen LogP contribution in [0.4, 0.5) is 23.4 Å². The lowest BCUT2D eigenvalue weighted by molar-refractivity contribution is -0.147. The molecule has 0 spiro atoms. The fourth-order valence-electron chi connectivity index (χ4n) is 3.29. The van der Waals surface area contributed by atoms with Crippen LogP contribution in [0.15, 0.2) is 6.07 Å². The molecule has 4 heterocycles. The maximum atomic E-state index is 13.1. The maximum absolute atomic E-state index is 13.1. The van der Waals surface area contributed by atoms with Crippen molar-refractivity contribution < 1.29 is 22.3 Å². The molecule has 0 unspecified atom stereocenters. The second-order valence-corrected chi connectivity index (χ2v) is 7.67. The number of anilines is 1. The zero-order chi connectivity index (χ0) is 20.6. The van der Waals surface area contributed by atoms with Crippen molar-refractivity contribution >= 4 is 27.4 Å². The van der Waals surface area contributed by atoms with Gasteiger partial charge in [0.05, 0.1) is 11.9 Å². The lowest BCUT2D eigenvalue weighted by Gasteiger charge is -2.29. The molecular formula is C17H18F4N6OS. The molecule has 0 amide bonds. The van der Waals surface area contributed by atoms with Crippen LogP contribution in [0.3, 0.4) is 0 Å². The summed E-state index contributed by atoms with van der Waals surface area (Å²) in [5.41, 5.74) is 0. The molecule has 0 N–H and O–H groups in total. The smallest absolute Gasteiger partial charge is 0.451 e. The van der Waals surface area contributed by atoms with Gasteiger partial charge >= 0.3 is 12.2 Å². The average molecular weight is 430 g/mol. The topological polar surface area (TPSA) is 69.0 Å². The van der Waals surface area contributed by atoms with E-state index < -0.39 is 18.7 Å². The van der Waals surface area contributed by atoms with Crippen LogP contribution >= 0.6 is 11.3 Å².